The van der Waals surface area contributed by atoms with Crippen LogP contribution in [0, 0.1) is 23.2 Å². The van der Waals surface area contributed by atoms with Crippen LogP contribution >= 0.6 is 0 Å². The predicted molar refractivity (Wildman–Crippen MR) is 52.7 cm³/mol. The number of nitriles is 1. The molecule has 3 atom stereocenters. The Bertz CT molecular complexity index is 282. The van der Waals surface area contributed by atoms with E-state index in [1.807, 2.05) is 0 Å². The van der Waals surface area contributed by atoms with Crippen molar-refractivity contribution in [3.8, 4) is 6.07 Å². The van der Waals surface area contributed by atoms with E-state index in [4.69, 9.17) is 10.1 Å². The van der Waals surface area contributed by atoms with E-state index in [9.17, 15) is 0 Å². The van der Waals surface area contributed by atoms with Crippen molar-refractivity contribution in [3.63, 3.8) is 0 Å². The van der Waals surface area contributed by atoms with E-state index in [2.05, 4.69) is 16.1 Å². The molecule has 0 spiro atoms. The molecule has 0 amide bonds. The fourth-order valence-electron chi connectivity index (χ4n) is 2.59. The van der Waals surface area contributed by atoms with Crippen molar-refractivity contribution in [1.82, 2.24) is 4.90 Å². The molecule has 0 saturated carbocycles. The van der Waals surface area contributed by atoms with Gasteiger partial charge in [0.15, 0.2) is 0 Å². The number of rotatable bonds is 3. The van der Waals surface area contributed by atoms with Crippen molar-refractivity contribution < 1.29 is 4.84 Å². The minimum atomic E-state index is 0.406. The standard InChI is InChI=1S/C10H15N3O/c1-14-12-10(2-4-11)9-7-13-5-3-8(9)6-13/h8-9H,2-3,5-7H2,1H3. The molecule has 2 heterocycles. The summed E-state index contributed by atoms with van der Waals surface area (Å²) in [4.78, 5) is 7.24. The molecule has 0 aromatic rings. The molecular weight excluding hydrogens is 178 g/mol. The van der Waals surface area contributed by atoms with Gasteiger partial charge in [-0.2, -0.15) is 5.26 Å². The Labute approximate surface area is 84.1 Å². The topological polar surface area (TPSA) is 48.6 Å². The number of nitrogens with zero attached hydrogens (tertiary/aromatic N) is 3. The van der Waals surface area contributed by atoms with Gasteiger partial charge in [0.25, 0.3) is 0 Å². The molecule has 2 bridgehead atoms. The Kier molecular flexibility index (Phi) is 2.69. The highest BCUT2D eigenvalue weighted by Crippen LogP contribution is 2.34. The van der Waals surface area contributed by atoms with Crippen LogP contribution in [0.15, 0.2) is 5.16 Å². The van der Waals surface area contributed by atoms with E-state index < -0.39 is 0 Å². The molecule has 0 aliphatic carbocycles. The summed E-state index contributed by atoms with van der Waals surface area (Å²) in [5, 5.41) is 12.7. The van der Waals surface area contributed by atoms with Crippen LogP contribution in [-0.4, -0.2) is 37.4 Å². The number of hydrogen-bond acceptors (Lipinski definition) is 4. The molecular formula is C10H15N3O. The molecule has 2 aliphatic rings. The first-order valence-electron chi connectivity index (χ1n) is 5.04. The van der Waals surface area contributed by atoms with Gasteiger partial charge in [0.2, 0.25) is 0 Å². The van der Waals surface area contributed by atoms with Crippen LogP contribution < -0.4 is 0 Å². The fourth-order valence-corrected chi connectivity index (χ4v) is 2.59. The second-order valence-corrected chi connectivity index (χ2v) is 4.01. The Balaban J connectivity index is 2.06. The molecule has 76 valence electrons. The first kappa shape index (κ1) is 9.47. The van der Waals surface area contributed by atoms with E-state index in [1.54, 1.807) is 7.11 Å². The summed E-state index contributed by atoms with van der Waals surface area (Å²) in [6.45, 7) is 3.46. The number of piperidine rings is 1. The summed E-state index contributed by atoms with van der Waals surface area (Å²) in [5.74, 6) is 1.17. The van der Waals surface area contributed by atoms with Gasteiger partial charge >= 0.3 is 0 Å². The Morgan fingerprint density at radius 2 is 2.50 bits per heavy atom. The molecule has 3 unspecified atom stereocenters. The van der Waals surface area contributed by atoms with Gasteiger partial charge in [-0.05, 0) is 18.9 Å². The molecule has 2 aliphatic heterocycles. The lowest BCUT2D eigenvalue weighted by atomic mass is 9.87. The number of oxime groups is 1. The zero-order valence-corrected chi connectivity index (χ0v) is 8.44. The van der Waals surface area contributed by atoms with Crippen LogP contribution in [0.2, 0.25) is 0 Å². The van der Waals surface area contributed by atoms with Crippen LogP contribution in [0.25, 0.3) is 0 Å². The van der Waals surface area contributed by atoms with Gasteiger partial charge in [-0.15, -0.1) is 0 Å². The summed E-state index contributed by atoms with van der Waals surface area (Å²) in [6, 6.07) is 2.16. The van der Waals surface area contributed by atoms with Crippen molar-refractivity contribution in [2.24, 2.45) is 17.0 Å². The summed E-state index contributed by atoms with van der Waals surface area (Å²) >= 11 is 0. The van der Waals surface area contributed by atoms with Gasteiger partial charge in [0.1, 0.15) is 7.11 Å². The molecule has 0 radical (unpaired) electrons. The van der Waals surface area contributed by atoms with Gasteiger partial charge < -0.3 is 9.74 Å². The molecule has 0 aromatic carbocycles. The lowest BCUT2D eigenvalue weighted by Crippen LogP contribution is -2.29. The van der Waals surface area contributed by atoms with Gasteiger partial charge in [-0.1, -0.05) is 5.16 Å². The zero-order valence-electron chi connectivity index (χ0n) is 8.44. The highest BCUT2D eigenvalue weighted by molar-refractivity contribution is 5.88. The first-order chi connectivity index (χ1) is 6.85. The molecule has 4 heteroatoms. The first-order valence-corrected chi connectivity index (χ1v) is 5.04. The van der Waals surface area contributed by atoms with E-state index in [0.717, 1.165) is 12.3 Å². The van der Waals surface area contributed by atoms with Crippen molar-refractivity contribution in [2.45, 2.75) is 12.8 Å². The van der Waals surface area contributed by atoms with E-state index in [-0.39, 0.29) is 0 Å². The van der Waals surface area contributed by atoms with Crippen LogP contribution in [0.4, 0.5) is 0 Å². The normalized spacial score (nSPS) is 35.7. The van der Waals surface area contributed by atoms with Gasteiger partial charge in [0.05, 0.1) is 18.2 Å². The fraction of sp³-hybridized carbons (Fsp3) is 0.800. The molecule has 2 fully saturated rings. The largest absolute Gasteiger partial charge is 0.399 e. The third-order valence-corrected chi connectivity index (χ3v) is 3.23. The lowest BCUT2D eigenvalue weighted by molar-refractivity contribution is 0.208. The second-order valence-electron chi connectivity index (χ2n) is 4.01. The Morgan fingerprint density at radius 3 is 3.00 bits per heavy atom. The van der Waals surface area contributed by atoms with Crippen molar-refractivity contribution >= 4 is 5.71 Å². The van der Waals surface area contributed by atoms with E-state index in [0.29, 0.717) is 18.3 Å². The average Bonchev–Trinajstić information content (AvgIpc) is 2.78. The third kappa shape index (κ3) is 1.60. The summed E-state index contributed by atoms with van der Waals surface area (Å²) < 4.78 is 0. The maximum atomic E-state index is 8.69. The summed E-state index contributed by atoms with van der Waals surface area (Å²) in [6.07, 6.45) is 1.65. The van der Waals surface area contributed by atoms with Crippen LogP contribution in [0.3, 0.4) is 0 Å². The van der Waals surface area contributed by atoms with E-state index in [1.165, 1.54) is 19.5 Å². The Morgan fingerprint density at radius 1 is 1.64 bits per heavy atom. The maximum absolute atomic E-state index is 8.69. The number of fused-ring (bicyclic) bond motifs is 2. The lowest BCUT2D eigenvalue weighted by Gasteiger charge is -2.21. The van der Waals surface area contributed by atoms with Crippen LogP contribution in [0.5, 0.6) is 0 Å². The number of hydrogen-bond donors (Lipinski definition) is 0. The zero-order chi connectivity index (χ0) is 9.97. The predicted octanol–water partition coefficient (Wildman–Crippen LogP) is 0.854. The van der Waals surface area contributed by atoms with Crippen LogP contribution in [-0.2, 0) is 4.84 Å². The average molecular weight is 193 g/mol. The molecule has 4 nitrogen and oxygen atoms in total. The highest BCUT2D eigenvalue weighted by atomic mass is 16.6. The minimum absolute atomic E-state index is 0.406. The smallest absolute Gasteiger partial charge is 0.106 e. The van der Waals surface area contributed by atoms with Gasteiger partial charge in [0, 0.05) is 19.0 Å². The maximum Gasteiger partial charge on any atom is 0.106 e. The van der Waals surface area contributed by atoms with Crippen molar-refractivity contribution in [1.29, 1.82) is 5.26 Å². The van der Waals surface area contributed by atoms with Crippen molar-refractivity contribution in [2.75, 3.05) is 26.7 Å². The summed E-state index contributed by atoms with van der Waals surface area (Å²) in [7, 11) is 1.55. The van der Waals surface area contributed by atoms with Crippen LogP contribution in [0.1, 0.15) is 12.8 Å². The quantitative estimate of drug-likeness (QED) is 0.493. The van der Waals surface area contributed by atoms with Gasteiger partial charge in [-0.3, -0.25) is 0 Å². The van der Waals surface area contributed by atoms with E-state index >= 15 is 0 Å². The molecule has 0 N–H and O–H groups in total. The van der Waals surface area contributed by atoms with Gasteiger partial charge in [-0.25, -0.2) is 0 Å². The molecule has 2 rings (SSSR count). The highest BCUT2D eigenvalue weighted by Gasteiger charge is 2.40. The second kappa shape index (κ2) is 3.97. The Hall–Kier alpha value is -1.08. The third-order valence-electron chi connectivity index (χ3n) is 3.23. The SMILES string of the molecule is CON=C(CC#N)C1CN2CCC1C2. The molecule has 2 saturated heterocycles. The monoisotopic (exact) mass is 193 g/mol. The molecule has 0 aromatic heterocycles. The minimum Gasteiger partial charge on any atom is -0.399 e. The van der Waals surface area contributed by atoms with Crippen molar-refractivity contribution in [3.05, 3.63) is 0 Å². The summed E-state index contributed by atoms with van der Waals surface area (Å²) in [5.41, 5.74) is 0.933. The molecule has 14 heavy (non-hydrogen) atoms.